The standard InChI is InChI=1S/C19H25N7O.C2H6.CH4S/c1-4-14(22)17-13(19(2,3)12-21)11-16(26-7-9-27-10-8-26)25-18(17)24-15(23)5-6-20;2*1-2/h4-6,11,22H,1,7-10,20H2,2-3H3,(H2,23,24,25);1-2H3;2H,1H3/b6-5-,22-14?;;. The number of allylic oxidation sites excluding steroid dienone is 1. The molecule has 0 atom stereocenters. The van der Waals surface area contributed by atoms with Gasteiger partial charge in [0.05, 0.1) is 30.4 Å². The molecule has 0 amide bonds. The van der Waals surface area contributed by atoms with E-state index in [0.29, 0.717) is 43.2 Å². The molecule has 8 nitrogen and oxygen atoms in total. The summed E-state index contributed by atoms with van der Waals surface area (Å²) in [5.74, 6) is 1.08. The van der Waals surface area contributed by atoms with Gasteiger partial charge in [-0.1, -0.05) is 20.4 Å². The summed E-state index contributed by atoms with van der Waals surface area (Å²) in [6.07, 6.45) is 5.82. The molecule has 1 saturated heterocycles. The maximum Gasteiger partial charge on any atom is 0.166 e. The normalized spacial score (nSPS) is 14.0. The summed E-state index contributed by atoms with van der Waals surface area (Å²) in [6.45, 7) is 13.8. The fourth-order valence-corrected chi connectivity index (χ4v) is 2.73. The Morgan fingerprint density at radius 2 is 1.97 bits per heavy atom. The molecule has 0 unspecified atom stereocenters. The van der Waals surface area contributed by atoms with Gasteiger partial charge in [0, 0.05) is 18.7 Å². The first-order valence-corrected chi connectivity index (χ1v) is 10.9. The highest BCUT2D eigenvalue weighted by Crippen LogP contribution is 2.35. The van der Waals surface area contributed by atoms with Crippen LogP contribution in [0, 0.1) is 16.7 Å². The van der Waals surface area contributed by atoms with E-state index in [1.807, 2.05) is 19.9 Å². The van der Waals surface area contributed by atoms with Crippen molar-refractivity contribution in [2.45, 2.75) is 33.1 Å². The molecule has 0 radical (unpaired) electrons. The number of aromatic nitrogens is 1. The number of aliphatic imine (C=N–C) groups is 1. The summed E-state index contributed by atoms with van der Waals surface area (Å²) in [7, 11) is 0. The molecule has 1 aromatic rings. The van der Waals surface area contributed by atoms with E-state index in [2.05, 4.69) is 40.2 Å². The zero-order valence-electron chi connectivity index (χ0n) is 19.1. The number of pyridine rings is 1. The highest BCUT2D eigenvalue weighted by molar-refractivity contribution is 7.79. The third kappa shape index (κ3) is 7.74. The third-order valence-corrected chi connectivity index (χ3v) is 4.25. The van der Waals surface area contributed by atoms with Gasteiger partial charge in [-0.25, -0.2) is 9.98 Å². The lowest BCUT2D eigenvalue weighted by molar-refractivity contribution is 0.122. The van der Waals surface area contributed by atoms with Gasteiger partial charge in [0.1, 0.15) is 11.7 Å². The predicted molar refractivity (Wildman–Crippen MR) is 134 cm³/mol. The van der Waals surface area contributed by atoms with Gasteiger partial charge in [-0.2, -0.15) is 17.9 Å². The van der Waals surface area contributed by atoms with E-state index in [1.54, 1.807) is 20.1 Å². The molecule has 1 aliphatic heterocycles. The van der Waals surface area contributed by atoms with E-state index in [9.17, 15) is 5.26 Å². The largest absolute Gasteiger partial charge is 0.404 e. The van der Waals surface area contributed by atoms with Crippen molar-refractivity contribution in [1.29, 1.82) is 10.7 Å². The number of nitrogens with two attached hydrogens (primary N) is 2. The molecule has 1 aliphatic rings. The molecular formula is C22H35N7OS. The van der Waals surface area contributed by atoms with E-state index >= 15 is 0 Å². The molecule has 1 aromatic heterocycles. The van der Waals surface area contributed by atoms with E-state index < -0.39 is 5.41 Å². The Labute approximate surface area is 191 Å². The highest BCUT2D eigenvalue weighted by atomic mass is 32.1. The van der Waals surface area contributed by atoms with Crippen LogP contribution in [0.3, 0.4) is 0 Å². The smallest absolute Gasteiger partial charge is 0.166 e. The SMILES string of the molecule is C=CC(=N)c1c(C(C)(C)C#N)cc(N2CCOCC2)nc1/N=C(N)\C=C/N.CC.CS. The zero-order chi connectivity index (χ0) is 24.0. The van der Waals surface area contributed by atoms with Crippen molar-refractivity contribution in [3.63, 3.8) is 0 Å². The number of hydrogen-bond donors (Lipinski definition) is 4. The minimum atomic E-state index is -0.864. The maximum absolute atomic E-state index is 9.70. The molecule has 31 heavy (non-hydrogen) atoms. The van der Waals surface area contributed by atoms with Crippen LogP contribution in [0.15, 0.2) is 36.0 Å². The summed E-state index contributed by atoms with van der Waals surface area (Å²) in [4.78, 5) is 11.0. The van der Waals surface area contributed by atoms with Gasteiger partial charge in [0.15, 0.2) is 5.82 Å². The van der Waals surface area contributed by atoms with Gasteiger partial charge in [-0.3, -0.25) is 0 Å². The zero-order valence-corrected chi connectivity index (χ0v) is 20.0. The first kappa shape index (κ1) is 28.2. The molecular weight excluding hydrogens is 410 g/mol. The summed E-state index contributed by atoms with van der Waals surface area (Å²) in [5, 5.41) is 18.0. The van der Waals surface area contributed by atoms with Crippen LogP contribution in [0.25, 0.3) is 0 Å². The first-order valence-electron chi connectivity index (χ1n) is 10.0. The van der Waals surface area contributed by atoms with E-state index in [-0.39, 0.29) is 17.4 Å². The van der Waals surface area contributed by atoms with E-state index in [1.165, 1.54) is 18.4 Å². The molecule has 0 aliphatic carbocycles. The van der Waals surface area contributed by atoms with Gasteiger partial charge in [0.25, 0.3) is 0 Å². The fraction of sp³-hybridized carbons (Fsp3) is 0.455. The van der Waals surface area contributed by atoms with Crippen LogP contribution in [0.2, 0.25) is 0 Å². The fourth-order valence-electron chi connectivity index (χ4n) is 2.73. The molecule has 0 saturated carbocycles. The summed E-state index contributed by atoms with van der Waals surface area (Å²) >= 11 is 3.53. The molecule has 1 fully saturated rings. The first-order chi connectivity index (χ1) is 14.8. The van der Waals surface area contributed by atoms with Crippen LogP contribution in [-0.2, 0) is 10.2 Å². The second-order valence-electron chi connectivity index (χ2n) is 6.58. The maximum atomic E-state index is 9.70. The number of thiol groups is 1. The summed E-state index contributed by atoms with van der Waals surface area (Å²) in [5.41, 5.74) is 11.6. The Hall–Kier alpha value is -2.83. The average molecular weight is 446 g/mol. The number of nitrogens with zero attached hydrogens (tertiary/aromatic N) is 4. The van der Waals surface area contributed by atoms with E-state index in [4.69, 9.17) is 21.6 Å². The molecule has 2 rings (SSSR count). The Kier molecular flexibility index (Phi) is 12.9. The second-order valence-corrected chi connectivity index (χ2v) is 6.58. The van der Waals surface area contributed by atoms with Gasteiger partial charge in [-0.15, -0.1) is 0 Å². The van der Waals surface area contributed by atoms with Crippen molar-refractivity contribution in [2.24, 2.45) is 16.5 Å². The van der Waals surface area contributed by atoms with Crippen molar-refractivity contribution in [1.82, 2.24) is 4.98 Å². The highest BCUT2D eigenvalue weighted by Gasteiger charge is 2.29. The minimum absolute atomic E-state index is 0.123. The lowest BCUT2D eigenvalue weighted by Crippen LogP contribution is -2.37. The minimum Gasteiger partial charge on any atom is -0.404 e. The van der Waals surface area contributed by atoms with E-state index in [0.717, 1.165) is 0 Å². The molecule has 170 valence electrons. The second kappa shape index (κ2) is 14.2. The summed E-state index contributed by atoms with van der Waals surface area (Å²) in [6, 6.07) is 4.14. The van der Waals surface area contributed by atoms with Crippen molar-refractivity contribution in [2.75, 3.05) is 37.5 Å². The van der Waals surface area contributed by atoms with Crippen LogP contribution in [0.4, 0.5) is 11.6 Å². The molecule has 2 heterocycles. The predicted octanol–water partition coefficient (Wildman–Crippen LogP) is 3.31. The number of morpholine rings is 1. The number of ether oxygens (including phenoxy) is 1. The molecule has 0 aromatic carbocycles. The van der Waals surface area contributed by atoms with Crippen LogP contribution in [0.5, 0.6) is 0 Å². The lowest BCUT2D eigenvalue weighted by atomic mass is 9.82. The number of rotatable bonds is 6. The summed E-state index contributed by atoms with van der Waals surface area (Å²) < 4.78 is 5.41. The molecule has 0 bridgehead atoms. The topological polar surface area (TPSA) is 137 Å². The monoisotopic (exact) mass is 445 g/mol. The van der Waals surface area contributed by atoms with Gasteiger partial charge in [0.2, 0.25) is 0 Å². The van der Waals surface area contributed by atoms with Crippen molar-refractivity contribution in [3.8, 4) is 6.07 Å². The molecule has 0 spiro atoms. The Morgan fingerprint density at radius 3 is 2.45 bits per heavy atom. The van der Waals surface area contributed by atoms with Crippen molar-refractivity contribution >= 4 is 35.8 Å². The van der Waals surface area contributed by atoms with Crippen LogP contribution in [-0.4, -0.2) is 49.1 Å². The molecule has 5 N–H and O–H groups in total. The third-order valence-electron chi connectivity index (χ3n) is 4.25. The van der Waals surface area contributed by atoms with Crippen molar-refractivity contribution < 1.29 is 4.74 Å². The average Bonchev–Trinajstić information content (AvgIpc) is 2.81. The Balaban J connectivity index is 0.00000212. The quantitative estimate of drug-likeness (QED) is 0.301. The Bertz CT molecular complexity index is 835. The van der Waals surface area contributed by atoms with Crippen LogP contribution < -0.4 is 16.4 Å². The number of nitrogens with one attached hydrogen (secondary N) is 1. The van der Waals surface area contributed by atoms with Crippen LogP contribution in [0.1, 0.15) is 38.8 Å². The Morgan fingerprint density at radius 1 is 1.39 bits per heavy atom. The number of nitriles is 1. The van der Waals surface area contributed by atoms with Gasteiger partial charge in [-0.05, 0) is 50.1 Å². The molecule has 9 heteroatoms. The van der Waals surface area contributed by atoms with Crippen molar-refractivity contribution in [3.05, 3.63) is 42.1 Å². The van der Waals surface area contributed by atoms with Gasteiger partial charge < -0.3 is 26.5 Å². The number of hydrogen-bond acceptors (Lipinski definition) is 8. The van der Waals surface area contributed by atoms with Crippen LogP contribution >= 0.6 is 12.6 Å². The number of amidine groups is 1. The lowest BCUT2D eigenvalue weighted by Gasteiger charge is -2.30. The van der Waals surface area contributed by atoms with Gasteiger partial charge >= 0.3 is 0 Å². The number of anilines is 1.